The van der Waals surface area contributed by atoms with Crippen molar-refractivity contribution >= 4 is 11.6 Å². The molecule has 0 saturated carbocycles. The Morgan fingerprint density at radius 2 is 1.84 bits per heavy atom. The fourth-order valence-corrected chi connectivity index (χ4v) is 4.44. The Kier molecular flexibility index (Phi) is 6.85. The molecule has 0 aromatic heterocycles. The molecule has 2 aliphatic rings. The quantitative estimate of drug-likeness (QED) is 0.600. The second-order valence-electron chi connectivity index (χ2n) is 8.34. The summed E-state index contributed by atoms with van der Waals surface area (Å²) in [5, 5.41) is 14.4. The van der Waals surface area contributed by atoms with Crippen molar-refractivity contribution in [3.05, 3.63) is 90.0 Å². The van der Waals surface area contributed by atoms with Crippen LogP contribution >= 0.6 is 0 Å². The molecule has 5 heteroatoms. The number of aliphatic hydroxyl groups is 1. The number of rotatable bonds is 7. The highest BCUT2D eigenvalue weighted by molar-refractivity contribution is 5.83. The van der Waals surface area contributed by atoms with Crippen LogP contribution in [0.1, 0.15) is 31.4 Å². The molecule has 1 heterocycles. The van der Waals surface area contributed by atoms with E-state index in [-0.39, 0.29) is 30.5 Å². The number of carbonyl (C=O) groups is 1. The molecule has 2 aromatic rings. The molecule has 2 aromatic carbocycles. The molecule has 4 unspecified atom stereocenters. The van der Waals surface area contributed by atoms with E-state index >= 15 is 0 Å². The van der Waals surface area contributed by atoms with E-state index in [1.54, 1.807) is 0 Å². The minimum Gasteiger partial charge on any atom is -0.396 e. The van der Waals surface area contributed by atoms with Crippen LogP contribution in [0.4, 0.5) is 5.69 Å². The lowest BCUT2D eigenvalue weighted by Gasteiger charge is -2.29. The number of allylic oxidation sites excluding steroid dienone is 2. The van der Waals surface area contributed by atoms with Gasteiger partial charge < -0.3 is 10.4 Å². The first-order valence-corrected chi connectivity index (χ1v) is 11.1. The third kappa shape index (κ3) is 4.73. The Bertz CT molecular complexity index is 926. The van der Waals surface area contributed by atoms with Gasteiger partial charge in [-0.3, -0.25) is 9.80 Å². The van der Waals surface area contributed by atoms with E-state index in [1.165, 1.54) is 0 Å². The van der Waals surface area contributed by atoms with Gasteiger partial charge in [0.05, 0.1) is 23.7 Å². The average molecular weight is 418 g/mol. The number of hydrazine groups is 1. The standard InChI is InChI=1S/C26H31N3O2/c1-19-13-15-20(16-14-19)24-23(26(31)27-17-8-18-30)25(21-9-4-2-5-10-21)29(28-24)22-11-6-3-7-12-22/h2-7,9-13,15-16,19,23-25,28,30H,8,14,17-18H2,1H3,(H,27,31). The zero-order chi connectivity index (χ0) is 21.6. The number of amides is 1. The van der Waals surface area contributed by atoms with Gasteiger partial charge in [0, 0.05) is 13.2 Å². The van der Waals surface area contributed by atoms with Gasteiger partial charge in [0.25, 0.3) is 0 Å². The summed E-state index contributed by atoms with van der Waals surface area (Å²) in [5.74, 6) is 0.203. The van der Waals surface area contributed by atoms with Gasteiger partial charge in [-0.1, -0.05) is 73.7 Å². The number of nitrogens with zero attached hydrogens (tertiary/aromatic N) is 1. The molecule has 4 rings (SSSR count). The van der Waals surface area contributed by atoms with Crippen LogP contribution in [-0.4, -0.2) is 30.2 Å². The van der Waals surface area contributed by atoms with Crippen LogP contribution in [0.5, 0.6) is 0 Å². The van der Waals surface area contributed by atoms with Crippen LogP contribution in [0.15, 0.2) is 84.5 Å². The molecule has 1 aliphatic heterocycles. The number of hydrogen-bond acceptors (Lipinski definition) is 4. The Balaban J connectivity index is 1.75. The van der Waals surface area contributed by atoms with Crippen LogP contribution in [-0.2, 0) is 4.79 Å². The summed E-state index contributed by atoms with van der Waals surface area (Å²) in [4.78, 5) is 13.5. The molecule has 0 bridgehead atoms. The molecule has 5 nitrogen and oxygen atoms in total. The summed E-state index contributed by atoms with van der Waals surface area (Å²) in [5.41, 5.74) is 6.94. The molecule has 31 heavy (non-hydrogen) atoms. The molecule has 3 N–H and O–H groups in total. The monoisotopic (exact) mass is 417 g/mol. The number of hydrogen-bond donors (Lipinski definition) is 3. The summed E-state index contributed by atoms with van der Waals surface area (Å²) in [6.45, 7) is 2.74. The van der Waals surface area contributed by atoms with E-state index < -0.39 is 0 Å². The van der Waals surface area contributed by atoms with Crippen LogP contribution in [0.25, 0.3) is 0 Å². The lowest BCUT2D eigenvalue weighted by Crippen LogP contribution is -2.41. The fourth-order valence-electron chi connectivity index (χ4n) is 4.44. The van der Waals surface area contributed by atoms with Crippen LogP contribution in [0.3, 0.4) is 0 Å². The number of nitrogens with one attached hydrogen (secondary N) is 2. The van der Waals surface area contributed by atoms with Crippen molar-refractivity contribution in [2.24, 2.45) is 11.8 Å². The smallest absolute Gasteiger partial charge is 0.227 e. The van der Waals surface area contributed by atoms with Gasteiger partial charge in [-0.15, -0.1) is 0 Å². The number of aliphatic hydroxyl groups excluding tert-OH is 1. The first-order valence-electron chi connectivity index (χ1n) is 11.1. The highest BCUT2D eigenvalue weighted by Crippen LogP contribution is 2.41. The number of carbonyl (C=O) groups excluding carboxylic acids is 1. The normalized spacial score (nSPS) is 25.4. The summed E-state index contributed by atoms with van der Waals surface area (Å²) < 4.78 is 0. The minimum atomic E-state index is -0.314. The molecule has 4 atom stereocenters. The molecule has 0 spiro atoms. The van der Waals surface area contributed by atoms with Crippen LogP contribution in [0.2, 0.25) is 0 Å². The maximum atomic E-state index is 13.5. The highest BCUT2D eigenvalue weighted by Gasteiger charge is 2.47. The minimum absolute atomic E-state index is 0.00570. The zero-order valence-corrected chi connectivity index (χ0v) is 17.9. The summed E-state index contributed by atoms with van der Waals surface area (Å²) in [6.07, 6.45) is 8.17. The molecular formula is C26H31N3O2. The molecule has 162 valence electrons. The molecule has 1 amide bonds. The van der Waals surface area contributed by atoms with Crippen molar-refractivity contribution in [2.45, 2.75) is 31.8 Å². The largest absolute Gasteiger partial charge is 0.396 e. The first kappa shape index (κ1) is 21.3. The Morgan fingerprint density at radius 3 is 2.48 bits per heavy atom. The maximum absolute atomic E-state index is 13.5. The highest BCUT2D eigenvalue weighted by atomic mass is 16.3. The number of benzene rings is 2. The van der Waals surface area contributed by atoms with Crippen molar-refractivity contribution in [1.29, 1.82) is 0 Å². The van der Waals surface area contributed by atoms with E-state index in [0.717, 1.165) is 23.2 Å². The second kappa shape index (κ2) is 9.94. The van der Waals surface area contributed by atoms with Crippen molar-refractivity contribution in [3.63, 3.8) is 0 Å². The lowest BCUT2D eigenvalue weighted by atomic mass is 9.82. The van der Waals surface area contributed by atoms with E-state index in [0.29, 0.717) is 18.9 Å². The maximum Gasteiger partial charge on any atom is 0.227 e. The predicted molar refractivity (Wildman–Crippen MR) is 124 cm³/mol. The SMILES string of the molecule is CC1C=CC(C2NN(c3ccccc3)C(c3ccccc3)C2C(=O)NCCCO)=CC1. The zero-order valence-electron chi connectivity index (χ0n) is 17.9. The van der Waals surface area contributed by atoms with Gasteiger partial charge in [-0.2, -0.15) is 0 Å². The first-order chi connectivity index (χ1) is 15.2. The lowest BCUT2D eigenvalue weighted by molar-refractivity contribution is -0.125. The number of para-hydroxylation sites is 1. The van der Waals surface area contributed by atoms with Gasteiger partial charge in [0.1, 0.15) is 0 Å². The third-order valence-corrected chi connectivity index (χ3v) is 6.07. The van der Waals surface area contributed by atoms with Crippen molar-refractivity contribution in [2.75, 3.05) is 18.2 Å². The van der Waals surface area contributed by atoms with E-state index in [9.17, 15) is 4.79 Å². The number of anilines is 1. The van der Waals surface area contributed by atoms with E-state index in [1.807, 2.05) is 36.4 Å². The van der Waals surface area contributed by atoms with E-state index in [2.05, 4.69) is 65.2 Å². The summed E-state index contributed by atoms with van der Waals surface area (Å²) in [7, 11) is 0. The van der Waals surface area contributed by atoms with Gasteiger partial charge >= 0.3 is 0 Å². The molecule has 0 radical (unpaired) electrons. The fraction of sp³-hybridized carbons (Fsp3) is 0.346. The van der Waals surface area contributed by atoms with Crippen LogP contribution < -0.4 is 15.8 Å². The molecule has 1 saturated heterocycles. The predicted octanol–water partition coefficient (Wildman–Crippen LogP) is 3.76. The van der Waals surface area contributed by atoms with E-state index in [4.69, 9.17) is 5.11 Å². The third-order valence-electron chi connectivity index (χ3n) is 6.07. The Labute approximate surface area is 184 Å². The Hall–Kier alpha value is -2.89. The van der Waals surface area contributed by atoms with Gasteiger partial charge in [0.15, 0.2) is 0 Å². The van der Waals surface area contributed by atoms with Gasteiger partial charge in [-0.25, -0.2) is 5.43 Å². The summed E-state index contributed by atoms with van der Waals surface area (Å²) >= 11 is 0. The summed E-state index contributed by atoms with van der Waals surface area (Å²) in [6, 6.07) is 20.1. The molecule has 1 fully saturated rings. The van der Waals surface area contributed by atoms with Crippen molar-refractivity contribution < 1.29 is 9.90 Å². The van der Waals surface area contributed by atoms with Crippen molar-refractivity contribution in [1.82, 2.24) is 10.7 Å². The molecular weight excluding hydrogens is 386 g/mol. The second-order valence-corrected chi connectivity index (χ2v) is 8.34. The van der Waals surface area contributed by atoms with Crippen LogP contribution in [0, 0.1) is 11.8 Å². The van der Waals surface area contributed by atoms with Gasteiger partial charge in [-0.05, 0) is 42.0 Å². The van der Waals surface area contributed by atoms with Gasteiger partial charge in [0.2, 0.25) is 5.91 Å². The van der Waals surface area contributed by atoms with Crippen molar-refractivity contribution in [3.8, 4) is 0 Å². The Morgan fingerprint density at radius 1 is 1.13 bits per heavy atom. The molecule has 1 aliphatic carbocycles. The topological polar surface area (TPSA) is 64.6 Å². The average Bonchev–Trinajstić information content (AvgIpc) is 3.21.